The summed E-state index contributed by atoms with van der Waals surface area (Å²) in [5.41, 5.74) is 1.94. The van der Waals surface area contributed by atoms with Gasteiger partial charge in [0.1, 0.15) is 6.61 Å². The number of hydrogen-bond donors (Lipinski definition) is 0. The number of rotatable bonds is 7. The molecule has 0 aliphatic heterocycles. The molecule has 3 heteroatoms. The van der Waals surface area contributed by atoms with Crippen molar-refractivity contribution in [2.24, 2.45) is 0 Å². The second-order valence-electron chi connectivity index (χ2n) is 6.54. The summed E-state index contributed by atoms with van der Waals surface area (Å²) in [6.07, 6.45) is 3.64. The Balaban J connectivity index is 1.85. The van der Waals surface area contributed by atoms with E-state index in [0.29, 0.717) is 6.42 Å². The van der Waals surface area contributed by atoms with E-state index < -0.39 is 11.8 Å². The molecule has 0 amide bonds. The molecule has 142 valence electrons. The quantitative estimate of drug-likeness (QED) is 0.374. The fourth-order valence-electron chi connectivity index (χ4n) is 3.17. The van der Waals surface area contributed by atoms with Gasteiger partial charge in [-0.05, 0) is 29.7 Å². The van der Waals surface area contributed by atoms with Crippen molar-refractivity contribution in [2.75, 3.05) is 0 Å². The Morgan fingerprint density at radius 1 is 0.821 bits per heavy atom. The van der Waals surface area contributed by atoms with Gasteiger partial charge in [0.15, 0.2) is 5.60 Å². The fraction of sp³-hybridized carbons (Fsp3) is 0.160. The predicted octanol–water partition coefficient (Wildman–Crippen LogP) is 6.05. The first-order valence-corrected chi connectivity index (χ1v) is 9.35. The lowest BCUT2D eigenvalue weighted by Gasteiger charge is -2.31. The van der Waals surface area contributed by atoms with Crippen LogP contribution in [0.4, 0.5) is 4.79 Å². The lowest BCUT2D eigenvalue weighted by atomic mass is 9.86. The maximum Gasteiger partial charge on any atom is 0.509 e. The Labute approximate surface area is 166 Å². The topological polar surface area (TPSA) is 35.5 Å². The number of benzene rings is 3. The van der Waals surface area contributed by atoms with Gasteiger partial charge in [0.05, 0.1) is 0 Å². The lowest BCUT2D eigenvalue weighted by molar-refractivity contribution is -0.0169. The summed E-state index contributed by atoms with van der Waals surface area (Å²) in [4.78, 5) is 12.6. The largest absolute Gasteiger partial charge is 0.509 e. The zero-order valence-electron chi connectivity index (χ0n) is 16.0. The summed E-state index contributed by atoms with van der Waals surface area (Å²) < 4.78 is 11.3. The molecule has 0 radical (unpaired) electrons. The van der Waals surface area contributed by atoms with Crippen LogP contribution in [-0.2, 0) is 28.1 Å². The van der Waals surface area contributed by atoms with E-state index in [0.717, 1.165) is 16.7 Å². The Bertz CT molecular complexity index is 889. The Hall–Kier alpha value is -3.33. The molecular weight excluding hydrogens is 348 g/mol. The van der Waals surface area contributed by atoms with Gasteiger partial charge in [-0.1, -0.05) is 97.1 Å². The molecule has 3 aromatic rings. The highest BCUT2D eigenvalue weighted by atomic mass is 16.7. The van der Waals surface area contributed by atoms with Crippen LogP contribution in [0.15, 0.2) is 103 Å². The van der Waals surface area contributed by atoms with Gasteiger partial charge in [0, 0.05) is 6.42 Å². The van der Waals surface area contributed by atoms with Crippen LogP contribution in [0.1, 0.15) is 23.6 Å². The van der Waals surface area contributed by atoms with Crippen molar-refractivity contribution in [1.29, 1.82) is 0 Å². The lowest BCUT2D eigenvalue weighted by Crippen LogP contribution is -2.33. The number of allylic oxidation sites excluding steroid dienone is 1. The normalized spacial score (nSPS) is 13.0. The summed E-state index contributed by atoms with van der Waals surface area (Å²) in [6.45, 7) is 2.09. The summed E-state index contributed by atoms with van der Waals surface area (Å²) in [7, 11) is 0. The SMILES string of the molecule is C/C=C/[C@](Cc1ccccc1)(OC(=O)OCc1ccccc1)c1ccccc1. The zero-order valence-corrected chi connectivity index (χ0v) is 16.0. The van der Waals surface area contributed by atoms with Gasteiger partial charge >= 0.3 is 6.16 Å². The molecule has 0 fully saturated rings. The summed E-state index contributed by atoms with van der Waals surface area (Å²) in [5.74, 6) is 0. The van der Waals surface area contributed by atoms with Gasteiger partial charge in [-0.25, -0.2) is 4.79 Å². The van der Waals surface area contributed by atoms with E-state index in [-0.39, 0.29) is 6.61 Å². The van der Waals surface area contributed by atoms with Gasteiger partial charge in [-0.15, -0.1) is 0 Å². The number of carbonyl (C=O) groups excluding carboxylic acids is 1. The van der Waals surface area contributed by atoms with E-state index in [4.69, 9.17) is 9.47 Å². The molecule has 0 spiro atoms. The van der Waals surface area contributed by atoms with Crippen molar-refractivity contribution < 1.29 is 14.3 Å². The van der Waals surface area contributed by atoms with Crippen LogP contribution >= 0.6 is 0 Å². The van der Waals surface area contributed by atoms with Gasteiger partial charge in [0.2, 0.25) is 0 Å². The van der Waals surface area contributed by atoms with Gasteiger partial charge in [-0.3, -0.25) is 0 Å². The number of hydrogen-bond acceptors (Lipinski definition) is 3. The molecule has 0 N–H and O–H groups in total. The van der Waals surface area contributed by atoms with Crippen LogP contribution in [0.5, 0.6) is 0 Å². The van der Waals surface area contributed by atoms with Gasteiger partial charge in [-0.2, -0.15) is 0 Å². The minimum atomic E-state index is -0.939. The minimum absolute atomic E-state index is 0.172. The Morgan fingerprint density at radius 3 is 1.93 bits per heavy atom. The van der Waals surface area contributed by atoms with Crippen LogP contribution < -0.4 is 0 Å². The Morgan fingerprint density at radius 2 is 1.36 bits per heavy atom. The fourth-order valence-corrected chi connectivity index (χ4v) is 3.17. The molecule has 3 nitrogen and oxygen atoms in total. The third kappa shape index (κ3) is 5.10. The van der Waals surface area contributed by atoms with Crippen molar-refractivity contribution in [1.82, 2.24) is 0 Å². The molecular formula is C25H24O3. The second-order valence-corrected chi connectivity index (χ2v) is 6.54. The van der Waals surface area contributed by atoms with Crippen LogP contribution in [0.3, 0.4) is 0 Å². The number of ether oxygens (including phenoxy) is 2. The molecule has 28 heavy (non-hydrogen) atoms. The third-order valence-electron chi connectivity index (χ3n) is 4.47. The first-order valence-electron chi connectivity index (χ1n) is 9.35. The summed E-state index contributed by atoms with van der Waals surface area (Å²) in [6, 6.07) is 29.3. The number of carbonyl (C=O) groups is 1. The van der Waals surface area contributed by atoms with Crippen LogP contribution in [0.25, 0.3) is 0 Å². The molecule has 3 rings (SSSR count). The molecule has 0 saturated heterocycles. The van der Waals surface area contributed by atoms with E-state index in [1.807, 2.05) is 110 Å². The molecule has 0 heterocycles. The second kappa shape index (κ2) is 9.56. The highest BCUT2D eigenvalue weighted by Crippen LogP contribution is 2.32. The van der Waals surface area contributed by atoms with E-state index in [1.54, 1.807) is 0 Å². The predicted molar refractivity (Wildman–Crippen MR) is 111 cm³/mol. The monoisotopic (exact) mass is 372 g/mol. The maximum atomic E-state index is 12.6. The Kier molecular flexibility index (Phi) is 6.64. The molecule has 1 atom stereocenters. The van der Waals surface area contributed by atoms with E-state index >= 15 is 0 Å². The first kappa shape index (κ1) is 19.4. The van der Waals surface area contributed by atoms with E-state index in [1.165, 1.54) is 0 Å². The molecule has 0 saturated carbocycles. The minimum Gasteiger partial charge on any atom is -0.429 e. The highest BCUT2D eigenvalue weighted by molar-refractivity contribution is 5.61. The molecule has 3 aromatic carbocycles. The van der Waals surface area contributed by atoms with Gasteiger partial charge < -0.3 is 9.47 Å². The first-order chi connectivity index (χ1) is 13.7. The van der Waals surface area contributed by atoms with E-state index in [2.05, 4.69) is 0 Å². The molecule has 0 bridgehead atoms. The average molecular weight is 372 g/mol. The molecule has 0 aliphatic carbocycles. The summed E-state index contributed by atoms with van der Waals surface area (Å²) in [5, 5.41) is 0. The zero-order chi connectivity index (χ0) is 19.7. The van der Waals surface area contributed by atoms with Crippen LogP contribution in [0, 0.1) is 0 Å². The van der Waals surface area contributed by atoms with Crippen molar-refractivity contribution in [3.05, 3.63) is 120 Å². The van der Waals surface area contributed by atoms with Crippen molar-refractivity contribution in [3.63, 3.8) is 0 Å². The van der Waals surface area contributed by atoms with Crippen molar-refractivity contribution >= 4 is 6.16 Å². The maximum absolute atomic E-state index is 12.6. The highest BCUT2D eigenvalue weighted by Gasteiger charge is 2.34. The van der Waals surface area contributed by atoms with Crippen LogP contribution in [0.2, 0.25) is 0 Å². The van der Waals surface area contributed by atoms with Crippen LogP contribution in [-0.4, -0.2) is 6.16 Å². The van der Waals surface area contributed by atoms with Crippen molar-refractivity contribution in [3.8, 4) is 0 Å². The van der Waals surface area contributed by atoms with Gasteiger partial charge in [0.25, 0.3) is 0 Å². The van der Waals surface area contributed by atoms with E-state index in [9.17, 15) is 4.79 Å². The molecule has 0 aromatic heterocycles. The molecule has 0 unspecified atom stereocenters. The molecule has 0 aliphatic rings. The summed E-state index contributed by atoms with van der Waals surface area (Å²) >= 11 is 0. The average Bonchev–Trinajstić information content (AvgIpc) is 2.74. The third-order valence-corrected chi connectivity index (χ3v) is 4.47. The smallest absolute Gasteiger partial charge is 0.429 e. The van der Waals surface area contributed by atoms with Crippen molar-refractivity contribution in [2.45, 2.75) is 25.6 Å². The standard InChI is InChI=1S/C25H24O3/c1-2-18-25(23-16-10-5-11-17-23,19-21-12-6-3-7-13-21)28-24(26)27-20-22-14-8-4-9-15-22/h2-18H,19-20H2,1H3/b18-2+/t25-/m1/s1.